The largest absolute Gasteiger partial charge is 0.371 e. The van der Waals surface area contributed by atoms with Crippen LogP contribution >= 0.6 is 12.4 Å². The number of hydrogen-bond acceptors (Lipinski definition) is 2. The lowest BCUT2D eigenvalue weighted by molar-refractivity contribution is -0.00620. The number of aromatic nitrogens is 1. The van der Waals surface area contributed by atoms with Crippen LogP contribution < -0.4 is 5.32 Å². The first-order chi connectivity index (χ1) is 7.93. The molecule has 2 heterocycles. The molecule has 1 saturated heterocycles. The van der Waals surface area contributed by atoms with Gasteiger partial charge in [-0.05, 0) is 23.6 Å². The van der Waals surface area contributed by atoms with Crippen LogP contribution in [0.4, 0.5) is 0 Å². The third-order valence-electron chi connectivity index (χ3n) is 3.74. The third-order valence-corrected chi connectivity index (χ3v) is 3.74. The van der Waals surface area contributed by atoms with Crippen molar-refractivity contribution in [3.63, 3.8) is 0 Å². The second-order valence-corrected chi connectivity index (χ2v) is 4.64. The number of nitrogens with one attached hydrogen (secondary N) is 2. The van der Waals surface area contributed by atoms with E-state index in [9.17, 15) is 0 Å². The van der Waals surface area contributed by atoms with Crippen LogP contribution in [-0.4, -0.2) is 24.2 Å². The molecule has 1 fully saturated rings. The molecule has 2 aliphatic rings. The Labute approximate surface area is 106 Å². The quantitative estimate of drug-likeness (QED) is 0.752. The fourth-order valence-electron chi connectivity index (χ4n) is 3.06. The Morgan fingerprint density at radius 1 is 1.29 bits per heavy atom. The van der Waals surface area contributed by atoms with E-state index in [0.29, 0.717) is 6.04 Å². The summed E-state index contributed by atoms with van der Waals surface area (Å²) in [5, 5.41) is 4.94. The zero-order chi connectivity index (χ0) is 10.5. The molecule has 1 aliphatic carbocycles. The summed E-state index contributed by atoms with van der Waals surface area (Å²) in [5.74, 6) is 0. The molecule has 0 unspecified atom stereocenters. The van der Waals surface area contributed by atoms with Crippen LogP contribution in [0, 0.1) is 0 Å². The van der Waals surface area contributed by atoms with Gasteiger partial charge in [0.1, 0.15) is 0 Å². The molecule has 0 amide bonds. The highest BCUT2D eigenvalue weighted by atomic mass is 35.5. The lowest BCUT2D eigenvalue weighted by atomic mass is 9.86. The molecule has 90 valence electrons. The van der Waals surface area contributed by atoms with Crippen LogP contribution in [-0.2, 0) is 11.2 Å². The molecule has 17 heavy (non-hydrogen) atoms. The highest BCUT2D eigenvalue weighted by Gasteiger charge is 2.33. The minimum atomic E-state index is 0. The predicted molar refractivity (Wildman–Crippen MR) is 69.7 cm³/mol. The van der Waals surface area contributed by atoms with Crippen molar-refractivity contribution < 1.29 is 4.74 Å². The van der Waals surface area contributed by atoms with Crippen molar-refractivity contribution in [2.75, 3.05) is 13.2 Å². The molecule has 3 nitrogen and oxygen atoms in total. The van der Waals surface area contributed by atoms with Crippen LogP contribution in [0.25, 0.3) is 10.9 Å². The summed E-state index contributed by atoms with van der Waals surface area (Å²) in [7, 11) is 0. The first-order valence-corrected chi connectivity index (χ1v) is 5.87. The zero-order valence-corrected chi connectivity index (χ0v) is 10.2. The van der Waals surface area contributed by atoms with Crippen molar-refractivity contribution in [3.05, 3.63) is 35.5 Å². The van der Waals surface area contributed by atoms with Gasteiger partial charge in [0.25, 0.3) is 0 Å². The van der Waals surface area contributed by atoms with Gasteiger partial charge in [0, 0.05) is 29.7 Å². The van der Waals surface area contributed by atoms with Crippen molar-refractivity contribution in [2.45, 2.75) is 18.6 Å². The Morgan fingerprint density at radius 2 is 2.24 bits per heavy atom. The van der Waals surface area contributed by atoms with Crippen molar-refractivity contribution in [1.82, 2.24) is 10.3 Å². The maximum atomic E-state index is 5.92. The predicted octanol–water partition coefficient (Wildman–Crippen LogP) is 2.18. The number of benzene rings is 1. The highest BCUT2D eigenvalue weighted by Crippen LogP contribution is 2.38. The van der Waals surface area contributed by atoms with Gasteiger partial charge in [-0.1, -0.05) is 12.1 Å². The summed E-state index contributed by atoms with van der Waals surface area (Å²) in [5.41, 5.74) is 4.00. The lowest BCUT2D eigenvalue weighted by Gasteiger charge is -2.36. The van der Waals surface area contributed by atoms with Gasteiger partial charge in [-0.25, -0.2) is 0 Å². The SMILES string of the molecule is Cl.c1cc2c3c(c[nH]c3c1)C[C@H]1NCCO[C@H]21. The van der Waals surface area contributed by atoms with E-state index in [1.54, 1.807) is 0 Å². The number of halogens is 1. The molecule has 0 bridgehead atoms. The first kappa shape index (κ1) is 11.1. The topological polar surface area (TPSA) is 37.0 Å². The maximum absolute atomic E-state index is 5.92. The second kappa shape index (κ2) is 4.02. The Kier molecular flexibility index (Phi) is 2.62. The summed E-state index contributed by atoms with van der Waals surface area (Å²) in [4.78, 5) is 3.35. The van der Waals surface area contributed by atoms with Gasteiger partial charge in [0.2, 0.25) is 0 Å². The minimum Gasteiger partial charge on any atom is -0.371 e. The molecule has 4 rings (SSSR count). The fourth-order valence-corrected chi connectivity index (χ4v) is 3.06. The van der Waals surface area contributed by atoms with Crippen LogP contribution in [0.2, 0.25) is 0 Å². The maximum Gasteiger partial charge on any atom is 0.0988 e. The number of ether oxygens (including phenoxy) is 1. The Hall–Kier alpha value is -1.03. The first-order valence-electron chi connectivity index (χ1n) is 5.87. The molecule has 0 radical (unpaired) electrons. The van der Waals surface area contributed by atoms with Gasteiger partial charge in [0.15, 0.2) is 0 Å². The van der Waals surface area contributed by atoms with Crippen molar-refractivity contribution in [2.24, 2.45) is 0 Å². The van der Waals surface area contributed by atoms with E-state index >= 15 is 0 Å². The Morgan fingerprint density at radius 3 is 3.18 bits per heavy atom. The summed E-state index contributed by atoms with van der Waals surface area (Å²) >= 11 is 0. The van der Waals surface area contributed by atoms with Crippen LogP contribution in [0.5, 0.6) is 0 Å². The summed E-state index contributed by atoms with van der Waals surface area (Å²) in [6, 6.07) is 6.89. The number of morpholine rings is 1. The van der Waals surface area contributed by atoms with Crippen LogP contribution in [0.1, 0.15) is 17.2 Å². The van der Waals surface area contributed by atoms with Gasteiger partial charge in [-0.15, -0.1) is 12.4 Å². The summed E-state index contributed by atoms with van der Waals surface area (Å²) < 4.78 is 5.92. The number of H-pyrrole nitrogens is 1. The van der Waals surface area contributed by atoms with E-state index in [-0.39, 0.29) is 18.5 Å². The molecule has 0 saturated carbocycles. The molecule has 1 aliphatic heterocycles. The summed E-state index contributed by atoms with van der Waals surface area (Å²) in [6.45, 7) is 1.79. The van der Waals surface area contributed by atoms with Crippen molar-refractivity contribution >= 4 is 23.3 Å². The molecule has 1 aromatic carbocycles. The van der Waals surface area contributed by atoms with E-state index in [1.165, 1.54) is 22.0 Å². The smallest absolute Gasteiger partial charge is 0.0988 e. The van der Waals surface area contributed by atoms with Gasteiger partial charge in [-0.3, -0.25) is 0 Å². The number of hydrogen-bond donors (Lipinski definition) is 2. The number of rotatable bonds is 0. The molecule has 2 atom stereocenters. The molecule has 4 heteroatoms. The normalized spacial score (nSPS) is 26.4. The number of aromatic amines is 1. The van der Waals surface area contributed by atoms with Gasteiger partial charge >= 0.3 is 0 Å². The van der Waals surface area contributed by atoms with Gasteiger partial charge in [0.05, 0.1) is 12.7 Å². The van der Waals surface area contributed by atoms with E-state index in [2.05, 4.69) is 34.7 Å². The molecule has 0 spiro atoms. The second-order valence-electron chi connectivity index (χ2n) is 4.64. The molecule has 2 aromatic rings. The zero-order valence-electron chi connectivity index (χ0n) is 9.40. The van der Waals surface area contributed by atoms with Crippen LogP contribution in [0.3, 0.4) is 0 Å². The van der Waals surface area contributed by atoms with E-state index in [4.69, 9.17) is 4.74 Å². The van der Waals surface area contributed by atoms with Gasteiger partial charge < -0.3 is 15.0 Å². The average molecular weight is 251 g/mol. The fraction of sp³-hybridized carbons (Fsp3) is 0.385. The Balaban J connectivity index is 0.000000902. The number of fused-ring (bicyclic) bond motifs is 2. The molecule has 1 aromatic heterocycles. The van der Waals surface area contributed by atoms with Crippen LogP contribution in [0.15, 0.2) is 24.4 Å². The average Bonchev–Trinajstić information content (AvgIpc) is 2.75. The van der Waals surface area contributed by atoms with Crippen molar-refractivity contribution in [1.29, 1.82) is 0 Å². The third kappa shape index (κ3) is 1.50. The van der Waals surface area contributed by atoms with E-state index < -0.39 is 0 Å². The van der Waals surface area contributed by atoms with E-state index in [0.717, 1.165) is 19.6 Å². The molecule has 2 N–H and O–H groups in total. The van der Waals surface area contributed by atoms with E-state index in [1.807, 2.05) is 0 Å². The standard InChI is InChI=1S/C13H14N2O.ClH/c1-2-9-12-8(7-15-10(12)3-1)6-11-13(9)16-5-4-14-11;/h1-3,7,11,13-15H,4-6H2;1H/t11-,13-;/m1./s1. The highest BCUT2D eigenvalue weighted by molar-refractivity contribution is 5.88. The Bertz CT molecular complexity index is 551. The lowest BCUT2D eigenvalue weighted by Crippen LogP contribution is -2.46. The monoisotopic (exact) mass is 250 g/mol. The molecular formula is C13H15ClN2O. The molecular weight excluding hydrogens is 236 g/mol. The summed E-state index contributed by atoms with van der Waals surface area (Å²) in [6.07, 6.45) is 3.45. The van der Waals surface area contributed by atoms with Crippen molar-refractivity contribution in [3.8, 4) is 0 Å². The minimum absolute atomic E-state index is 0. The van der Waals surface area contributed by atoms with Gasteiger partial charge in [-0.2, -0.15) is 0 Å².